The Labute approximate surface area is 115 Å². The first-order chi connectivity index (χ1) is 9.15. The predicted molar refractivity (Wildman–Crippen MR) is 72.7 cm³/mol. The van der Waals surface area contributed by atoms with Gasteiger partial charge in [-0.15, -0.1) is 0 Å². The molecule has 0 amide bonds. The first-order valence-corrected chi connectivity index (χ1v) is 6.23. The van der Waals surface area contributed by atoms with E-state index in [9.17, 15) is 9.18 Å². The summed E-state index contributed by atoms with van der Waals surface area (Å²) in [6.45, 7) is 1.98. The maximum atomic E-state index is 13.4. The number of hydrogen-bond donors (Lipinski definition) is 0. The average molecular weight is 279 g/mol. The molecule has 0 heterocycles. The molecule has 0 spiro atoms. The zero-order valence-corrected chi connectivity index (χ0v) is 11.1. The molecule has 19 heavy (non-hydrogen) atoms. The number of aldehydes is 1. The largest absolute Gasteiger partial charge is 0.457 e. The quantitative estimate of drug-likeness (QED) is 0.761. The van der Waals surface area contributed by atoms with Gasteiger partial charge in [0.25, 0.3) is 0 Å². The fraction of sp³-hybridized carbons (Fsp3) is 0.133. The number of aryl methyl sites for hydroxylation is 1. The molecular weight excluding hydrogens is 267 g/mol. The molecule has 0 fully saturated rings. The van der Waals surface area contributed by atoms with Crippen molar-refractivity contribution in [3.63, 3.8) is 0 Å². The highest BCUT2D eigenvalue weighted by molar-refractivity contribution is 6.31. The summed E-state index contributed by atoms with van der Waals surface area (Å²) in [5.41, 5.74) is 0.846. The molecule has 0 N–H and O–H groups in total. The molecule has 0 aliphatic rings. The molecule has 0 unspecified atom stereocenters. The van der Waals surface area contributed by atoms with Crippen LogP contribution < -0.4 is 4.74 Å². The average Bonchev–Trinajstić information content (AvgIpc) is 2.41. The van der Waals surface area contributed by atoms with Gasteiger partial charge in [-0.05, 0) is 42.3 Å². The maximum absolute atomic E-state index is 13.4. The fourth-order valence-corrected chi connectivity index (χ4v) is 1.98. The SMILES string of the molecule is CCc1cc(Oc2cccc(F)c2C=O)ccc1Cl. The molecule has 2 aromatic carbocycles. The Morgan fingerprint density at radius 1 is 1.32 bits per heavy atom. The first-order valence-electron chi connectivity index (χ1n) is 5.85. The monoisotopic (exact) mass is 278 g/mol. The van der Waals surface area contributed by atoms with Crippen molar-refractivity contribution in [3.8, 4) is 11.5 Å². The van der Waals surface area contributed by atoms with Gasteiger partial charge in [-0.1, -0.05) is 24.6 Å². The van der Waals surface area contributed by atoms with Crippen LogP contribution in [0.3, 0.4) is 0 Å². The first kappa shape index (κ1) is 13.6. The Morgan fingerprint density at radius 3 is 2.79 bits per heavy atom. The molecule has 0 saturated heterocycles. The molecule has 2 nitrogen and oxygen atoms in total. The van der Waals surface area contributed by atoms with E-state index in [0.717, 1.165) is 12.0 Å². The van der Waals surface area contributed by atoms with E-state index >= 15 is 0 Å². The molecule has 4 heteroatoms. The smallest absolute Gasteiger partial charge is 0.156 e. The minimum Gasteiger partial charge on any atom is -0.457 e. The van der Waals surface area contributed by atoms with E-state index < -0.39 is 5.82 Å². The summed E-state index contributed by atoms with van der Waals surface area (Å²) in [5, 5.41) is 0.657. The van der Waals surface area contributed by atoms with Crippen LogP contribution >= 0.6 is 11.6 Å². The minimum absolute atomic E-state index is 0.0875. The molecule has 0 bridgehead atoms. The van der Waals surface area contributed by atoms with Crippen LogP contribution in [-0.4, -0.2) is 6.29 Å². The lowest BCUT2D eigenvalue weighted by molar-refractivity contribution is 0.111. The van der Waals surface area contributed by atoms with Gasteiger partial charge >= 0.3 is 0 Å². The van der Waals surface area contributed by atoms with Crippen molar-refractivity contribution in [2.24, 2.45) is 0 Å². The van der Waals surface area contributed by atoms with Gasteiger partial charge in [0.15, 0.2) is 6.29 Å². The lowest BCUT2D eigenvalue weighted by Crippen LogP contribution is -1.94. The Balaban J connectivity index is 2.36. The van der Waals surface area contributed by atoms with Crippen molar-refractivity contribution < 1.29 is 13.9 Å². The summed E-state index contributed by atoms with van der Waals surface area (Å²) in [4.78, 5) is 10.9. The molecule has 2 rings (SSSR count). The van der Waals surface area contributed by atoms with Crippen LogP contribution in [0.5, 0.6) is 11.5 Å². The molecule has 0 atom stereocenters. The Morgan fingerprint density at radius 2 is 2.11 bits per heavy atom. The third kappa shape index (κ3) is 2.93. The molecule has 2 aromatic rings. The molecule has 0 aliphatic heterocycles. The van der Waals surface area contributed by atoms with Gasteiger partial charge < -0.3 is 4.74 Å². The van der Waals surface area contributed by atoms with Crippen LogP contribution in [0.2, 0.25) is 5.02 Å². The van der Waals surface area contributed by atoms with Gasteiger partial charge in [0, 0.05) is 5.02 Å². The summed E-state index contributed by atoms with van der Waals surface area (Å²) in [7, 11) is 0. The highest BCUT2D eigenvalue weighted by Crippen LogP contribution is 2.29. The number of halogens is 2. The summed E-state index contributed by atoms with van der Waals surface area (Å²) in [6.07, 6.45) is 1.21. The highest BCUT2D eigenvalue weighted by atomic mass is 35.5. The Kier molecular flexibility index (Phi) is 4.17. The molecule has 0 saturated carbocycles. The molecule has 0 aromatic heterocycles. The van der Waals surface area contributed by atoms with E-state index in [1.807, 2.05) is 6.92 Å². The van der Waals surface area contributed by atoms with Crippen LogP contribution in [0.1, 0.15) is 22.8 Å². The van der Waals surface area contributed by atoms with E-state index in [1.54, 1.807) is 24.3 Å². The van der Waals surface area contributed by atoms with Crippen LogP contribution in [0.25, 0.3) is 0 Å². The number of carbonyl (C=O) groups excluding carboxylic acids is 1. The third-order valence-electron chi connectivity index (χ3n) is 2.76. The van der Waals surface area contributed by atoms with Gasteiger partial charge in [0.1, 0.15) is 17.3 Å². The zero-order valence-electron chi connectivity index (χ0n) is 10.3. The number of ether oxygens (including phenoxy) is 1. The van der Waals surface area contributed by atoms with Gasteiger partial charge in [0.2, 0.25) is 0 Å². The molecule has 0 radical (unpaired) electrons. The summed E-state index contributed by atoms with van der Waals surface area (Å²) in [5.74, 6) is 0.117. The van der Waals surface area contributed by atoms with Gasteiger partial charge in [-0.3, -0.25) is 4.79 Å². The lowest BCUT2D eigenvalue weighted by atomic mass is 10.1. The number of rotatable bonds is 4. The van der Waals surface area contributed by atoms with Crippen molar-refractivity contribution >= 4 is 17.9 Å². The van der Waals surface area contributed by atoms with Crippen LogP contribution in [0, 0.1) is 5.82 Å². The van der Waals surface area contributed by atoms with E-state index in [0.29, 0.717) is 17.1 Å². The van der Waals surface area contributed by atoms with E-state index in [4.69, 9.17) is 16.3 Å². The van der Waals surface area contributed by atoms with E-state index in [2.05, 4.69) is 0 Å². The summed E-state index contributed by atoms with van der Waals surface area (Å²) < 4.78 is 19.0. The van der Waals surface area contributed by atoms with Crippen LogP contribution in [-0.2, 0) is 6.42 Å². The lowest BCUT2D eigenvalue weighted by Gasteiger charge is -2.10. The van der Waals surface area contributed by atoms with Crippen molar-refractivity contribution in [1.82, 2.24) is 0 Å². The van der Waals surface area contributed by atoms with Crippen molar-refractivity contribution in [2.45, 2.75) is 13.3 Å². The topological polar surface area (TPSA) is 26.3 Å². The van der Waals surface area contributed by atoms with E-state index in [1.165, 1.54) is 12.1 Å². The second-order valence-electron chi connectivity index (χ2n) is 3.98. The maximum Gasteiger partial charge on any atom is 0.156 e. The Hall–Kier alpha value is -1.87. The van der Waals surface area contributed by atoms with E-state index in [-0.39, 0.29) is 11.3 Å². The molecule has 98 valence electrons. The second-order valence-corrected chi connectivity index (χ2v) is 4.39. The number of benzene rings is 2. The number of hydrogen-bond acceptors (Lipinski definition) is 2. The standard InChI is InChI=1S/C15H12ClFO2/c1-2-10-8-11(6-7-13(10)16)19-15-5-3-4-14(17)12(15)9-18/h3-9H,2H2,1H3. The zero-order chi connectivity index (χ0) is 13.8. The molecular formula is C15H12ClFO2. The second kappa shape index (κ2) is 5.85. The summed E-state index contributed by atoms with van der Waals surface area (Å²) >= 11 is 6.01. The Bertz CT molecular complexity index is 611. The third-order valence-corrected chi connectivity index (χ3v) is 3.13. The van der Waals surface area contributed by atoms with Crippen molar-refractivity contribution in [1.29, 1.82) is 0 Å². The fourth-order valence-electron chi connectivity index (χ4n) is 1.73. The van der Waals surface area contributed by atoms with Crippen LogP contribution in [0.15, 0.2) is 36.4 Å². The predicted octanol–water partition coefficient (Wildman–Crippen LogP) is 4.65. The molecule has 0 aliphatic carbocycles. The number of carbonyl (C=O) groups is 1. The van der Waals surface area contributed by atoms with Crippen LogP contribution in [0.4, 0.5) is 4.39 Å². The highest BCUT2D eigenvalue weighted by Gasteiger charge is 2.10. The minimum atomic E-state index is -0.600. The van der Waals surface area contributed by atoms with Crippen molar-refractivity contribution in [2.75, 3.05) is 0 Å². The van der Waals surface area contributed by atoms with Gasteiger partial charge in [-0.25, -0.2) is 4.39 Å². The van der Waals surface area contributed by atoms with Gasteiger partial charge in [-0.2, -0.15) is 0 Å². The van der Waals surface area contributed by atoms with Crippen molar-refractivity contribution in [3.05, 3.63) is 58.4 Å². The van der Waals surface area contributed by atoms with Gasteiger partial charge in [0.05, 0.1) is 5.56 Å². The normalized spacial score (nSPS) is 10.3. The summed E-state index contributed by atoms with van der Waals surface area (Å²) in [6, 6.07) is 9.44.